The summed E-state index contributed by atoms with van der Waals surface area (Å²) in [5, 5.41) is 10.7. The van der Waals surface area contributed by atoms with Crippen molar-refractivity contribution in [2.75, 3.05) is 20.2 Å². The fourth-order valence-electron chi connectivity index (χ4n) is 4.27. The van der Waals surface area contributed by atoms with Gasteiger partial charge in [-0.2, -0.15) is 5.10 Å². The van der Waals surface area contributed by atoms with Crippen LogP contribution in [-0.2, 0) is 4.79 Å². The van der Waals surface area contributed by atoms with Crippen LogP contribution in [0.4, 0.5) is 4.39 Å². The van der Waals surface area contributed by atoms with Crippen LogP contribution in [0.5, 0.6) is 5.75 Å². The molecule has 0 bridgehead atoms. The third-order valence-corrected chi connectivity index (χ3v) is 6.10. The molecule has 4 rings (SSSR count). The molecular weight excluding hydrogens is 473 g/mol. The van der Waals surface area contributed by atoms with E-state index in [2.05, 4.69) is 27.1 Å². The van der Waals surface area contributed by atoms with E-state index < -0.39 is 6.04 Å². The maximum atomic E-state index is 13.9. The maximum absolute atomic E-state index is 13.9. The largest absolute Gasteiger partial charge is 0.493 e. The molecule has 2 N–H and O–H groups in total. The van der Waals surface area contributed by atoms with Crippen LogP contribution in [0.15, 0.2) is 73.7 Å². The second-order valence-electron chi connectivity index (χ2n) is 8.43. The molecule has 0 aliphatic rings. The summed E-state index contributed by atoms with van der Waals surface area (Å²) in [6.07, 6.45) is 6.70. The minimum absolute atomic E-state index is 0.247. The molecule has 190 valence electrons. The maximum Gasteiger partial charge on any atom is 0.254 e. The Morgan fingerprint density at radius 2 is 2.05 bits per heavy atom. The first-order chi connectivity index (χ1) is 17.9. The highest BCUT2D eigenvalue weighted by Gasteiger charge is 2.26. The molecule has 0 spiro atoms. The monoisotopic (exact) mass is 501 g/mol. The van der Waals surface area contributed by atoms with Gasteiger partial charge in [0.15, 0.2) is 0 Å². The van der Waals surface area contributed by atoms with E-state index in [0.29, 0.717) is 42.0 Å². The van der Waals surface area contributed by atoms with E-state index in [4.69, 9.17) is 4.74 Å². The number of carbonyl (C=O) groups is 2. The van der Waals surface area contributed by atoms with Crippen LogP contribution in [0.25, 0.3) is 22.0 Å². The lowest BCUT2D eigenvalue weighted by Gasteiger charge is -2.29. The van der Waals surface area contributed by atoms with Gasteiger partial charge in [0.25, 0.3) is 5.91 Å². The zero-order valence-electron chi connectivity index (χ0n) is 20.7. The standard InChI is InChI=1S/C28H28FN5O3/c1-4-26(35)31-12-11-24(23-17-30-15-20-16-32-33-27(20)23)34(3)28(36)19-9-10-22(25(14-19)37-5-2)18-7-6-8-21(29)13-18/h4,6-10,13-17,24H,1,5,11-12H2,2-3H3,(H,31,35)(H,32,33)/t24-/m1/s1. The van der Waals surface area contributed by atoms with Gasteiger partial charge in [-0.3, -0.25) is 19.7 Å². The highest BCUT2D eigenvalue weighted by molar-refractivity contribution is 5.96. The number of aromatic amines is 1. The molecular formula is C28H28FN5O3. The first-order valence-electron chi connectivity index (χ1n) is 11.9. The number of ether oxygens (including phenoxy) is 1. The Morgan fingerprint density at radius 3 is 2.81 bits per heavy atom. The number of pyridine rings is 1. The quantitative estimate of drug-likeness (QED) is 0.308. The van der Waals surface area contributed by atoms with E-state index in [1.54, 1.807) is 60.9 Å². The minimum Gasteiger partial charge on any atom is -0.493 e. The fourth-order valence-corrected chi connectivity index (χ4v) is 4.27. The van der Waals surface area contributed by atoms with Crippen LogP contribution >= 0.6 is 0 Å². The molecule has 0 radical (unpaired) electrons. The number of hydrogen-bond donors (Lipinski definition) is 2. The topological polar surface area (TPSA) is 100 Å². The summed E-state index contributed by atoms with van der Waals surface area (Å²) in [6.45, 7) is 6.03. The van der Waals surface area contributed by atoms with Crippen LogP contribution in [0.3, 0.4) is 0 Å². The van der Waals surface area contributed by atoms with Crippen molar-refractivity contribution < 1.29 is 18.7 Å². The van der Waals surface area contributed by atoms with Crippen molar-refractivity contribution in [1.29, 1.82) is 0 Å². The Bertz CT molecular complexity index is 1430. The van der Waals surface area contributed by atoms with Gasteiger partial charge in [-0.05, 0) is 55.3 Å². The Labute approximate surface area is 214 Å². The number of carbonyl (C=O) groups excluding carboxylic acids is 2. The molecule has 2 aromatic carbocycles. The van der Waals surface area contributed by atoms with E-state index in [9.17, 15) is 14.0 Å². The normalized spacial score (nSPS) is 11.6. The third-order valence-electron chi connectivity index (χ3n) is 6.10. The molecule has 0 unspecified atom stereocenters. The number of hydrogen-bond acceptors (Lipinski definition) is 5. The average molecular weight is 502 g/mol. The summed E-state index contributed by atoms with van der Waals surface area (Å²) in [5.74, 6) is -0.407. The van der Waals surface area contributed by atoms with Crippen LogP contribution < -0.4 is 10.1 Å². The summed E-state index contributed by atoms with van der Waals surface area (Å²) < 4.78 is 19.7. The van der Waals surface area contributed by atoms with Gasteiger partial charge in [0.2, 0.25) is 5.91 Å². The molecule has 0 aliphatic carbocycles. The lowest BCUT2D eigenvalue weighted by Crippen LogP contribution is -2.34. The molecule has 0 saturated carbocycles. The lowest BCUT2D eigenvalue weighted by molar-refractivity contribution is -0.116. The van der Waals surface area contributed by atoms with Gasteiger partial charge in [-0.1, -0.05) is 18.7 Å². The van der Waals surface area contributed by atoms with Gasteiger partial charge in [0, 0.05) is 48.1 Å². The highest BCUT2D eigenvalue weighted by atomic mass is 19.1. The molecule has 1 atom stereocenters. The van der Waals surface area contributed by atoms with Crippen molar-refractivity contribution >= 4 is 22.7 Å². The summed E-state index contributed by atoms with van der Waals surface area (Å²) in [6, 6.07) is 10.9. The van der Waals surface area contributed by atoms with Gasteiger partial charge in [-0.15, -0.1) is 0 Å². The van der Waals surface area contributed by atoms with Gasteiger partial charge >= 0.3 is 0 Å². The van der Waals surface area contributed by atoms with Gasteiger partial charge in [-0.25, -0.2) is 4.39 Å². The Balaban J connectivity index is 1.68. The predicted octanol–water partition coefficient (Wildman–Crippen LogP) is 4.67. The second kappa shape index (κ2) is 11.5. The Morgan fingerprint density at radius 1 is 1.22 bits per heavy atom. The predicted molar refractivity (Wildman–Crippen MR) is 140 cm³/mol. The second-order valence-corrected chi connectivity index (χ2v) is 8.43. The van der Waals surface area contributed by atoms with E-state index >= 15 is 0 Å². The first kappa shape index (κ1) is 25.6. The number of halogens is 1. The fraction of sp³-hybridized carbons (Fsp3) is 0.214. The number of fused-ring (bicyclic) bond motifs is 1. The molecule has 8 nitrogen and oxygen atoms in total. The van der Waals surface area contributed by atoms with E-state index in [0.717, 1.165) is 16.5 Å². The highest BCUT2D eigenvalue weighted by Crippen LogP contribution is 2.34. The number of nitrogens with one attached hydrogen (secondary N) is 2. The van der Waals surface area contributed by atoms with Crippen molar-refractivity contribution in [2.24, 2.45) is 0 Å². The van der Waals surface area contributed by atoms with Crippen molar-refractivity contribution in [3.63, 3.8) is 0 Å². The molecule has 37 heavy (non-hydrogen) atoms. The average Bonchev–Trinajstić information content (AvgIpc) is 3.40. The van der Waals surface area contributed by atoms with Crippen molar-refractivity contribution in [3.05, 3.63) is 90.7 Å². The Hall–Kier alpha value is -4.53. The van der Waals surface area contributed by atoms with Gasteiger partial charge < -0.3 is 15.0 Å². The molecule has 0 aliphatic heterocycles. The van der Waals surface area contributed by atoms with Gasteiger partial charge in [0.1, 0.15) is 11.6 Å². The minimum atomic E-state index is -0.423. The van der Waals surface area contributed by atoms with Crippen molar-refractivity contribution in [1.82, 2.24) is 25.4 Å². The molecule has 0 fully saturated rings. The first-order valence-corrected chi connectivity index (χ1v) is 11.9. The van der Waals surface area contributed by atoms with Crippen molar-refractivity contribution in [3.8, 4) is 16.9 Å². The number of aromatic nitrogens is 3. The zero-order chi connectivity index (χ0) is 26.4. The summed E-state index contributed by atoms with van der Waals surface area (Å²) in [5.41, 5.74) is 3.31. The number of benzene rings is 2. The smallest absolute Gasteiger partial charge is 0.254 e. The van der Waals surface area contributed by atoms with E-state index in [1.807, 2.05) is 6.92 Å². The van der Waals surface area contributed by atoms with E-state index in [-0.39, 0.29) is 17.6 Å². The van der Waals surface area contributed by atoms with Crippen LogP contribution in [-0.4, -0.2) is 52.1 Å². The molecule has 2 aromatic heterocycles. The summed E-state index contributed by atoms with van der Waals surface area (Å²) >= 11 is 0. The van der Waals surface area contributed by atoms with E-state index in [1.165, 1.54) is 18.2 Å². The number of rotatable bonds is 10. The third kappa shape index (κ3) is 5.66. The summed E-state index contributed by atoms with van der Waals surface area (Å²) in [4.78, 5) is 31.4. The molecule has 0 saturated heterocycles. The number of amides is 2. The van der Waals surface area contributed by atoms with Crippen molar-refractivity contribution in [2.45, 2.75) is 19.4 Å². The van der Waals surface area contributed by atoms with Crippen LogP contribution in [0, 0.1) is 5.82 Å². The zero-order valence-corrected chi connectivity index (χ0v) is 20.7. The number of H-pyrrole nitrogens is 1. The van der Waals surface area contributed by atoms with Crippen LogP contribution in [0.1, 0.15) is 35.3 Å². The molecule has 9 heteroatoms. The number of nitrogens with zero attached hydrogens (tertiary/aromatic N) is 3. The summed E-state index contributed by atoms with van der Waals surface area (Å²) in [7, 11) is 1.71. The molecule has 2 amide bonds. The SMILES string of the molecule is C=CC(=O)NCC[C@H](c1cncc2cn[nH]c12)N(C)C(=O)c1ccc(-c2cccc(F)c2)c(OCC)c1. The molecule has 2 heterocycles. The van der Waals surface area contributed by atoms with Crippen LogP contribution in [0.2, 0.25) is 0 Å². The lowest BCUT2D eigenvalue weighted by atomic mass is 9.99. The Kier molecular flexibility index (Phi) is 7.92. The molecule has 4 aromatic rings. The van der Waals surface area contributed by atoms with Gasteiger partial charge in [0.05, 0.1) is 24.4 Å².